The molecule has 0 bridgehead atoms. The number of para-hydroxylation sites is 2. The van der Waals surface area contributed by atoms with Crippen LogP contribution in [-0.2, 0) is 107 Å². The topological polar surface area (TPSA) is 681 Å². The van der Waals surface area contributed by atoms with Gasteiger partial charge in [0.1, 0.15) is 84.6 Å². The average molecular weight is 1980 g/mol. The molecule has 3 aromatic carbocycles. The molecule has 18 amide bonds. The number of thioether (sulfide) groups is 1. The van der Waals surface area contributed by atoms with Crippen LogP contribution in [0.4, 0.5) is 0 Å². The Labute approximate surface area is 819 Å². The number of guanidine groups is 1. The Bertz CT molecular complexity index is 5480. The summed E-state index contributed by atoms with van der Waals surface area (Å²) in [6.07, 6.45) is 6.07. The van der Waals surface area contributed by atoms with Gasteiger partial charge in [-0.1, -0.05) is 128 Å². The van der Waals surface area contributed by atoms with E-state index in [9.17, 15) is 53.1 Å². The number of aliphatic hydroxyl groups excluding tert-OH is 1. The van der Waals surface area contributed by atoms with Gasteiger partial charge < -0.3 is 131 Å². The highest BCUT2D eigenvalue weighted by Gasteiger charge is 2.44. The minimum atomic E-state index is -1.93. The Morgan fingerprint density at radius 1 is 0.532 bits per heavy atom. The van der Waals surface area contributed by atoms with Crippen molar-refractivity contribution < 1.29 is 95.8 Å². The van der Waals surface area contributed by atoms with Gasteiger partial charge in [0.15, 0.2) is 11.7 Å². The molecule has 7 aromatic rings. The fraction of sp³-hybridized carbons (Fsp3) is 0.495. The number of rotatable bonds is 30. The van der Waals surface area contributed by atoms with Crippen molar-refractivity contribution in [1.82, 2.24) is 109 Å². The van der Waals surface area contributed by atoms with Gasteiger partial charge in [-0.2, -0.15) is 0 Å². The number of fused-ring (bicyclic) bond motifs is 3. The van der Waals surface area contributed by atoms with Gasteiger partial charge in [0.2, 0.25) is 100 Å². The van der Waals surface area contributed by atoms with E-state index in [-0.39, 0.29) is 103 Å². The normalized spacial score (nSPS) is 23.0. The van der Waals surface area contributed by atoms with Crippen molar-refractivity contribution in [2.45, 2.75) is 236 Å². The molecule has 25 N–H and O–H groups in total. The summed E-state index contributed by atoms with van der Waals surface area (Å²) in [6.45, 7) is 6.05. The number of benzene rings is 3. The molecule has 6 heterocycles. The van der Waals surface area contributed by atoms with Crippen LogP contribution in [0.25, 0.3) is 21.8 Å². The van der Waals surface area contributed by atoms with E-state index in [2.05, 4.69) is 94.4 Å². The van der Waals surface area contributed by atoms with E-state index >= 15 is 38.4 Å². The summed E-state index contributed by atoms with van der Waals surface area (Å²) in [6, 6.07) is 3.00. The van der Waals surface area contributed by atoms with Crippen LogP contribution in [0.3, 0.4) is 0 Å². The van der Waals surface area contributed by atoms with Gasteiger partial charge in [0.25, 0.3) is 5.91 Å². The Kier molecular flexibility index (Phi) is 43.6. The highest BCUT2D eigenvalue weighted by Crippen LogP contribution is 2.26. The van der Waals surface area contributed by atoms with Gasteiger partial charge in [-0.15, -0.1) is 11.8 Å². The summed E-state index contributed by atoms with van der Waals surface area (Å²) in [5.74, 6) is -19.1. The first kappa shape index (κ1) is 112. The smallest absolute Gasteiger partial charge is 0.286 e. The third-order valence-corrected chi connectivity index (χ3v) is 25.1. The van der Waals surface area contributed by atoms with E-state index in [4.69, 9.17) is 27.0 Å². The molecular formula is C95H133N25O20S. The maximum atomic E-state index is 15.7. The first-order valence-corrected chi connectivity index (χ1v) is 47.8. The fourth-order valence-corrected chi connectivity index (χ4v) is 17.2. The van der Waals surface area contributed by atoms with Gasteiger partial charge in [-0.3, -0.25) is 91.7 Å². The van der Waals surface area contributed by atoms with Gasteiger partial charge in [-0.05, 0) is 105 Å². The average Bonchev–Trinajstić information content (AvgIpc) is 1.80. The third-order valence-electron chi connectivity index (χ3n) is 24.0. The van der Waals surface area contributed by atoms with E-state index in [1.165, 1.54) is 51.9 Å². The SMILES string of the molecule is C.CCCC[C@@H]1NC(=O)[C@H](CCCC)N(C)C(=O)[C@H](Cc2c[nH]c3ccccc23)NC(=O)[C@H](CO)NC(=O)[C@H](Cc2c[nH]c3ccccc23)NC(=O)[C@H](CCNC(=O)c2ccco2)NC(=O)[C@H](CC(C)C)NC(=O)[C@H](Cc2cnc[nH]2)NC(=O)[C@@H]2CCCN2C(=O)[C@H](CC(N)=O)NC(=O)[C@H](C)N(C)C(=O)[C@H](Cc2ccccc2)NC(=O)CSCC(C(=O)NCC(N)=O)NC(=O)[C@H](CCCNC(=N)N)NC1=O. The zero-order valence-electron chi connectivity index (χ0n) is 79.3. The molecule has 0 aliphatic carbocycles. The Hall–Kier alpha value is -14.7. The maximum Gasteiger partial charge on any atom is 0.286 e. The molecule has 14 atom stereocenters. The lowest BCUT2D eigenvalue weighted by molar-refractivity contribution is -0.145. The Morgan fingerprint density at radius 2 is 1.06 bits per heavy atom. The van der Waals surface area contributed by atoms with E-state index < -0.39 is 240 Å². The monoisotopic (exact) mass is 1980 g/mol. The molecular weight excluding hydrogens is 1840 g/mol. The van der Waals surface area contributed by atoms with E-state index in [1.807, 2.05) is 13.8 Å². The van der Waals surface area contributed by atoms with Gasteiger partial charge >= 0.3 is 0 Å². The molecule has 4 aromatic heterocycles. The molecule has 0 radical (unpaired) electrons. The van der Waals surface area contributed by atoms with E-state index in [1.54, 1.807) is 105 Å². The first-order chi connectivity index (χ1) is 66.9. The quantitative estimate of drug-likeness (QED) is 0.0140. The van der Waals surface area contributed by atoms with Gasteiger partial charge in [-0.25, -0.2) is 4.98 Å². The number of H-pyrrole nitrogens is 3. The molecule has 2 aliphatic heterocycles. The summed E-state index contributed by atoms with van der Waals surface area (Å²) in [5.41, 5.74) is 19.8. The number of aromatic amines is 3. The number of nitrogens with one attached hydrogen (secondary N) is 18. The number of nitrogens with zero attached hydrogens (tertiary/aromatic N) is 4. The maximum absolute atomic E-state index is 15.7. The first-order valence-electron chi connectivity index (χ1n) is 46.7. The number of hydrogen-bond donors (Lipinski definition) is 22. The van der Waals surface area contributed by atoms with Crippen LogP contribution in [0.1, 0.15) is 158 Å². The number of amides is 18. The molecule has 141 heavy (non-hydrogen) atoms. The molecule has 2 aliphatic rings. The summed E-state index contributed by atoms with van der Waals surface area (Å²) in [7, 11) is 2.56. The number of nitrogens with two attached hydrogens (primary N) is 3. The minimum absolute atomic E-state index is 0. The van der Waals surface area contributed by atoms with Crippen molar-refractivity contribution in [2.24, 2.45) is 23.1 Å². The lowest BCUT2D eigenvalue weighted by Crippen LogP contribution is -2.62. The number of hydrogen-bond acceptors (Lipinski definition) is 23. The van der Waals surface area contributed by atoms with Crippen LogP contribution in [0, 0.1) is 11.3 Å². The van der Waals surface area contributed by atoms with Crippen LogP contribution in [0.2, 0.25) is 0 Å². The number of imidazole rings is 1. The lowest BCUT2D eigenvalue weighted by atomic mass is 10.0. The van der Waals surface area contributed by atoms with Crippen LogP contribution < -0.4 is 91.6 Å². The second-order valence-electron chi connectivity index (χ2n) is 35.1. The molecule has 764 valence electrons. The van der Waals surface area contributed by atoms with E-state index in [0.29, 0.717) is 69.9 Å². The summed E-state index contributed by atoms with van der Waals surface area (Å²) in [4.78, 5) is 280. The van der Waals surface area contributed by atoms with Crippen molar-refractivity contribution in [1.29, 1.82) is 5.41 Å². The molecule has 9 rings (SSSR count). The van der Waals surface area contributed by atoms with Gasteiger partial charge in [0, 0.05) is 111 Å². The van der Waals surface area contributed by atoms with Crippen LogP contribution in [-0.4, -0.2) is 295 Å². The second-order valence-corrected chi connectivity index (χ2v) is 36.1. The molecule has 0 spiro atoms. The summed E-state index contributed by atoms with van der Waals surface area (Å²) >= 11 is 0.782. The van der Waals surface area contributed by atoms with E-state index in [0.717, 1.165) is 26.5 Å². The fourth-order valence-electron chi connectivity index (χ4n) is 16.3. The zero-order chi connectivity index (χ0) is 102. The molecule has 0 saturated carbocycles. The molecule has 46 heteroatoms. The third kappa shape index (κ3) is 33.2. The molecule has 2 fully saturated rings. The van der Waals surface area contributed by atoms with Crippen molar-refractivity contribution in [3.63, 3.8) is 0 Å². The van der Waals surface area contributed by atoms with Crippen molar-refractivity contribution in [2.75, 3.05) is 58.4 Å². The number of aromatic nitrogens is 4. The standard InChI is InChI=1S/C94H129N25O20S.CH4/c1-8-10-26-62-81(126)107-63(29-19-34-101-94(97)98)82(127)116-72(80(125)104-47-77(96)122)49-140-50-78(123)106-68(39-54-22-13-12-14-23-54)91(136)117(6)53(5)79(124)113-70(43-76(95)121)93(138)119-36-20-31-74(119)89(134)112-67(42-57-46-99-51-105-57)86(131)110-65(38-52(3)4)84(129)108-64(33-35-100-90(135)75-32-21-37-139-75)83(128)111-66(40-55-44-102-60-27-17-15-24-58(55)60)85(130)115-71(48-120)87(132)114-69(41-56-45-103-61-28-18-16-25-59(56)61)92(137)118(7)73(30-11-9-2)88(133)109-62;/h12-18,21-25,27-28,32,37,44-46,51-53,62-74,102-103,120H,8-11,19-20,26,29-31,33-36,38-43,47-50H2,1-7H3,(H2,95,121)(H2,96,122)(H,99,105)(H,100,135)(H,104,125)(H,106,123)(H,107,126)(H,108,129)(H,109,133)(H,110,131)(H,111,128)(H,112,134)(H,113,124)(H,114,132)(H,115,130)(H,116,127)(H4,97,98,101);1H4/t53-,62-,63-,64-,65-,66-,67-,68-,69-,70-,71-,72?,73-,74-;/m0./s1. The van der Waals surface area contributed by atoms with Crippen LogP contribution in [0.15, 0.2) is 127 Å². The predicted molar refractivity (Wildman–Crippen MR) is 522 cm³/mol. The number of primary amides is 2. The number of aliphatic hydroxyl groups is 1. The highest BCUT2D eigenvalue weighted by molar-refractivity contribution is 8.00. The molecule has 1 unspecified atom stereocenters. The van der Waals surface area contributed by atoms with Crippen molar-refractivity contribution in [3.8, 4) is 0 Å². The number of carbonyl (C=O) groups is 18. The van der Waals surface area contributed by atoms with Crippen molar-refractivity contribution >= 4 is 146 Å². The highest BCUT2D eigenvalue weighted by atomic mass is 32.2. The number of carbonyl (C=O) groups excluding carboxylic acids is 18. The predicted octanol–water partition coefficient (Wildman–Crippen LogP) is -1.40. The number of furan rings is 1. The summed E-state index contributed by atoms with van der Waals surface area (Å²) < 4.78 is 5.31. The van der Waals surface area contributed by atoms with Gasteiger partial charge in [0.05, 0.1) is 37.9 Å². The minimum Gasteiger partial charge on any atom is -0.459 e. The van der Waals surface area contributed by atoms with Crippen LogP contribution >= 0.6 is 11.8 Å². The number of unbranched alkanes of at least 4 members (excludes halogenated alkanes) is 2. The Balaban J connectivity index is 0.0000243. The number of likely N-dealkylation sites (N-methyl/N-ethyl adjacent to an activating group) is 2. The van der Waals surface area contributed by atoms with Crippen molar-refractivity contribution in [3.05, 3.63) is 150 Å². The largest absolute Gasteiger partial charge is 0.459 e. The lowest BCUT2D eigenvalue weighted by Gasteiger charge is -2.33. The molecule has 45 nitrogen and oxygen atoms in total. The molecule has 2 saturated heterocycles. The second kappa shape index (κ2) is 55.2. The van der Waals surface area contributed by atoms with Crippen LogP contribution in [0.5, 0.6) is 0 Å². The summed E-state index contributed by atoms with van der Waals surface area (Å²) in [5, 5.41) is 57.5. The zero-order valence-corrected chi connectivity index (χ0v) is 80.1. The Morgan fingerprint density at radius 3 is 1.65 bits per heavy atom.